The summed E-state index contributed by atoms with van der Waals surface area (Å²) in [4.78, 5) is 12.5. The molecular weight excluding hydrogens is 198 g/mol. The number of carboxylic acids is 1. The number of nitrogens with zero attached hydrogens (tertiary/aromatic N) is 1. The molecule has 0 aliphatic carbocycles. The first-order chi connectivity index (χ1) is 7.20. The number of aliphatic carboxylic acids is 1. The normalized spacial score (nSPS) is 10.9. The SMILES string of the molecule is CCCN(CCOCCO)CCC(=O)O. The van der Waals surface area contributed by atoms with Crippen molar-refractivity contribution in [1.29, 1.82) is 0 Å². The third-order valence-electron chi connectivity index (χ3n) is 1.97. The molecule has 0 fully saturated rings. The van der Waals surface area contributed by atoms with Crippen LogP contribution in [0.4, 0.5) is 0 Å². The molecule has 5 nitrogen and oxygen atoms in total. The lowest BCUT2D eigenvalue weighted by atomic mass is 10.3. The van der Waals surface area contributed by atoms with E-state index in [-0.39, 0.29) is 13.0 Å². The summed E-state index contributed by atoms with van der Waals surface area (Å²) in [5.74, 6) is -0.771. The van der Waals surface area contributed by atoms with Gasteiger partial charge in [-0.15, -0.1) is 0 Å². The van der Waals surface area contributed by atoms with Crippen molar-refractivity contribution in [2.75, 3.05) is 39.5 Å². The molecule has 5 heteroatoms. The van der Waals surface area contributed by atoms with Crippen LogP contribution in [0.5, 0.6) is 0 Å². The van der Waals surface area contributed by atoms with Crippen LogP contribution >= 0.6 is 0 Å². The van der Waals surface area contributed by atoms with Gasteiger partial charge in [0.15, 0.2) is 0 Å². The Morgan fingerprint density at radius 2 is 2.00 bits per heavy atom. The molecule has 0 heterocycles. The zero-order chi connectivity index (χ0) is 11.5. The fourth-order valence-corrected chi connectivity index (χ4v) is 1.27. The van der Waals surface area contributed by atoms with Crippen LogP contribution in [0, 0.1) is 0 Å². The van der Waals surface area contributed by atoms with E-state index in [2.05, 4.69) is 11.8 Å². The number of carboxylic acid groups (broad SMARTS) is 1. The van der Waals surface area contributed by atoms with Gasteiger partial charge in [-0.1, -0.05) is 6.92 Å². The summed E-state index contributed by atoms with van der Waals surface area (Å²) in [7, 11) is 0. The van der Waals surface area contributed by atoms with E-state index in [1.54, 1.807) is 0 Å². The molecule has 0 rings (SSSR count). The van der Waals surface area contributed by atoms with Crippen LogP contribution in [0.3, 0.4) is 0 Å². The van der Waals surface area contributed by atoms with Crippen molar-refractivity contribution >= 4 is 5.97 Å². The second-order valence-electron chi connectivity index (χ2n) is 3.32. The van der Waals surface area contributed by atoms with E-state index < -0.39 is 5.97 Å². The molecule has 0 spiro atoms. The first-order valence-electron chi connectivity index (χ1n) is 5.33. The van der Waals surface area contributed by atoms with Gasteiger partial charge in [-0.2, -0.15) is 0 Å². The van der Waals surface area contributed by atoms with Crippen molar-refractivity contribution in [3.63, 3.8) is 0 Å². The van der Waals surface area contributed by atoms with Crippen molar-refractivity contribution in [3.8, 4) is 0 Å². The highest BCUT2D eigenvalue weighted by Gasteiger charge is 2.06. The van der Waals surface area contributed by atoms with Crippen LogP contribution in [-0.4, -0.2) is 60.5 Å². The maximum atomic E-state index is 10.4. The van der Waals surface area contributed by atoms with Crippen molar-refractivity contribution in [1.82, 2.24) is 4.90 Å². The monoisotopic (exact) mass is 219 g/mol. The number of rotatable bonds is 10. The van der Waals surface area contributed by atoms with Gasteiger partial charge in [0.05, 0.1) is 26.2 Å². The number of hydrogen-bond donors (Lipinski definition) is 2. The van der Waals surface area contributed by atoms with Crippen molar-refractivity contribution in [2.24, 2.45) is 0 Å². The quantitative estimate of drug-likeness (QED) is 0.513. The Hall–Kier alpha value is -0.650. The lowest BCUT2D eigenvalue weighted by Gasteiger charge is -2.20. The summed E-state index contributed by atoms with van der Waals surface area (Å²) in [6.45, 7) is 5.15. The molecule has 0 aromatic carbocycles. The summed E-state index contributed by atoms with van der Waals surface area (Å²) in [5.41, 5.74) is 0. The Morgan fingerprint density at radius 3 is 2.53 bits per heavy atom. The minimum absolute atomic E-state index is 0.0307. The van der Waals surface area contributed by atoms with Gasteiger partial charge in [-0.25, -0.2) is 0 Å². The third kappa shape index (κ3) is 9.65. The molecule has 0 amide bonds. The van der Waals surface area contributed by atoms with E-state index in [1.165, 1.54) is 0 Å². The van der Waals surface area contributed by atoms with E-state index in [0.717, 1.165) is 19.5 Å². The van der Waals surface area contributed by atoms with Crippen molar-refractivity contribution in [3.05, 3.63) is 0 Å². The molecule has 0 aliphatic rings. The highest BCUT2D eigenvalue weighted by Crippen LogP contribution is 1.94. The van der Waals surface area contributed by atoms with E-state index in [0.29, 0.717) is 19.8 Å². The van der Waals surface area contributed by atoms with E-state index >= 15 is 0 Å². The molecule has 0 saturated carbocycles. The molecule has 0 bridgehead atoms. The van der Waals surface area contributed by atoms with Crippen LogP contribution in [0.1, 0.15) is 19.8 Å². The third-order valence-corrected chi connectivity index (χ3v) is 1.97. The van der Waals surface area contributed by atoms with E-state index in [4.69, 9.17) is 14.9 Å². The zero-order valence-corrected chi connectivity index (χ0v) is 9.31. The molecule has 0 atom stereocenters. The number of aliphatic hydroxyl groups excluding tert-OH is 1. The molecule has 15 heavy (non-hydrogen) atoms. The van der Waals surface area contributed by atoms with Crippen molar-refractivity contribution < 1.29 is 19.7 Å². The van der Waals surface area contributed by atoms with E-state index in [1.807, 2.05) is 0 Å². The second-order valence-corrected chi connectivity index (χ2v) is 3.32. The molecule has 0 radical (unpaired) electrons. The summed E-state index contributed by atoms with van der Waals surface area (Å²) < 4.78 is 5.13. The standard InChI is InChI=1S/C10H21NO4/c1-2-4-11(5-3-10(13)14)6-8-15-9-7-12/h12H,2-9H2,1H3,(H,13,14). The number of hydrogen-bond acceptors (Lipinski definition) is 4. The molecule has 90 valence electrons. The Balaban J connectivity index is 3.57. The van der Waals surface area contributed by atoms with Gasteiger partial charge in [0.2, 0.25) is 0 Å². The predicted molar refractivity (Wildman–Crippen MR) is 56.9 cm³/mol. The molecule has 0 aromatic heterocycles. The van der Waals surface area contributed by atoms with Gasteiger partial charge in [0.25, 0.3) is 0 Å². The van der Waals surface area contributed by atoms with E-state index in [9.17, 15) is 4.79 Å². The Labute approximate surface area is 90.6 Å². The smallest absolute Gasteiger partial charge is 0.304 e. The van der Waals surface area contributed by atoms with Gasteiger partial charge < -0.3 is 19.8 Å². The zero-order valence-electron chi connectivity index (χ0n) is 9.31. The maximum absolute atomic E-state index is 10.4. The summed E-state index contributed by atoms with van der Waals surface area (Å²) >= 11 is 0. The summed E-state index contributed by atoms with van der Waals surface area (Å²) in [5, 5.41) is 17.0. The first kappa shape index (κ1) is 14.3. The van der Waals surface area contributed by atoms with Gasteiger partial charge in [0, 0.05) is 13.1 Å². The summed E-state index contributed by atoms with van der Waals surface area (Å²) in [6.07, 6.45) is 1.17. The molecule has 0 aromatic rings. The fourth-order valence-electron chi connectivity index (χ4n) is 1.27. The van der Waals surface area contributed by atoms with Crippen molar-refractivity contribution in [2.45, 2.75) is 19.8 Å². The number of carbonyl (C=O) groups is 1. The Morgan fingerprint density at radius 1 is 1.27 bits per heavy atom. The van der Waals surface area contributed by atoms with Gasteiger partial charge in [0.1, 0.15) is 0 Å². The lowest BCUT2D eigenvalue weighted by Crippen LogP contribution is -2.31. The van der Waals surface area contributed by atoms with Crippen LogP contribution < -0.4 is 0 Å². The van der Waals surface area contributed by atoms with Crippen LogP contribution in [0.25, 0.3) is 0 Å². The average molecular weight is 219 g/mol. The molecule has 2 N–H and O–H groups in total. The highest BCUT2D eigenvalue weighted by molar-refractivity contribution is 5.66. The predicted octanol–water partition coefficient (Wildman–Crippen LogP) is 0.182. The van der Waals surface area contributed by atoms with Crippen LogP contribution in [0.15, 0.2) is 0 Å². The van der Waals surface area contributed by atoms with Gasteiger partial charge in [-0.05, 0) is 13.0 Å². The van der Waals surface area contributed by atoms with Gasteiger partial charge in [-0.3, -0.25) is 4.79 Å². The number of ether oxygens (including phenoxy) is 1. The van der Waals surface area contributed by atoms with Crippen LogP contribution in [0.2, 0.25) is 0 Å². The average Bonchev–Trinajstić information content (AvgIpc) is 2.20. The number of aliphatic hydroxyl groups is 1. The molecular formula is C10H21NO4. The first-order valence-corrected chi connectivity index (χ1v) is 5.33. The van der Waals surface area contributed by atoms with Gasteiger partial charge >= 0.3 is 5.97 Å². The second kappa shape index (κ2) is 9.89. The minimum atomic E-state index is -0.771. The molecule has 0 aliphatic heterocycles. The maximum Gasteiger partial charge on any atom is 0.304 e. The summed E-state index contributed by atoms with van der Waals surface area (Å²) in [6, 6.07) is 0. The highest BCUT2D eigenvalue weighted by atomic mass is 16.5. The van der Waals surface area contributed by atoms with Crippen LogP contribution in [-0.2, 0) is 9.53 Å². The minimum Gasteiger partial charge on any atom is -0.481 e. The lowest BCUT2D eigenvalue weighted by molar-refractivity contribution is -0.137. The fraction of sp³-hybridized carbons (Fsp3) is 0.900. The molecule has 0 unspecified atom stereocenters. The topological polar surface area (TPSA) is 70.0 Å². The Kier molecular flexibility index (Phi) is 9.46. The largest absolute Gasteiger partial charge is 0.481 e. The molecule has 0 saturated heterocycles. The Bertz CT molecular complexity index is 164.